The molecular weight excluding hydrogens is 452 g/mol. The van der Waals surface area contributed by atoms with Crippen LogP contribution in [0.2, 0.25) is 0 Å². The van der Waals surface area contributed by atoms with Gasteiger partial charge in [-0.2, -0.15) is 4.90 Å². The summed E-state index contributed by atoms with van der Waals surface area (Å²) in [6, 6.07) is -1.20. The second-order valence-corrected chi connectivity index (χ2v) is 11.5. The van der Waals surface area contributed by atoms with Crippen LogP contribution in [0.1, 0.15) is 88.0 Å². The van der Waals surface area contributed by atoms with E-state index in [9.17, 15) is 14.4 Å². The summed E-state index contributed by atoms with van der Waals surface area (Å²) in [4.78, 5) is 39.9. The molecule has 0 fully saturated rings. The van der Waals surface area contributed by atoms with Gasteiger partial charge in [0.2, 0.25) is 0 Å². The minimum absolute atomic E-state index is 0.155. The van der Waals surface area contributed by atoms with Gasteiger partial charge in [0, 0.05) is 0 Å². The van der Waals surface area contributed by atoms with Gasteiger partial charge in [0.15, 0.2) is 0 Å². The molecule has 1 atom stereocenters. The summed E-state index contributed by atoms with van der Waals surface area (Å²) < 4.78 is 16.4. The first-order valence-corrected chi connectivity index (χ1v) is 12.6. The van der Waals surface area contributed by atoms with Gasteiger partial charge >= 0.3 is 18.2 Å². The van der Waals surface area contributed by atoms with E-state index >= 15 is 0 Å². The second-order valence-electron chi connectivity index (χ2n) is 11.5. The normalized spacial score (nSPS) is 13.2. The lowest BCUT2D eigenvalue weighted by molar-refractivity contribution is -0.161. The van der Waals surface area contributed by atoms with E-state index in [4.69, 9.17) is 19.9 Å². The van der Waals surface area contributed by atoms with Crippen molar-refractivity contribution in [1.29, 1.82) is 0 Å². The van der Waals surface area contributed by atoms with E-state index in [1.807, 2.05) is 0 Å². The van der Waals surface area contributed by atoms with E-state index in [2.05, 4.69) is 10.6 Å². The van der Waals surface area contributed by atoms with Gasteiger partial charge in [0.25, 0.3) is 0 Å². The third kappa shape index (κ3) is 17.2. The molecule has 0 bridgehead atoms. The molecule has 2 amide bonds. The Morgan fingerprint density at radius 1 is 0.686 bits per heavy atom. The smallest absolute Gasteiger partial charge is 0.420 e. The summed E-state index contributed by atoms with van der Waals surface area (Å²) in [5.74, 6) is -0.694. The highest BCUT2D eigenvalue weighted by atomic mass is 16.6. The van der Waals surface area contributed by atoms with Crippen LogP contribution in [0, 0.1) is 0 Å². The molecule has 0 aromatic heterocycles. The fourth-order valence-electron chi connectivity index (χ4n) is 2.89. The molecule has 10 heteroatoms. The molecular formula is C25H50N4O6. The number of rotatable bonds is 13. The number of nitrogens with zero attached hydrogens (tertiary/aromatic N) is 1. The number of nitrogens with one attached hydrogen (secondary N) is 2. The molecule has 0 heterocycles. The molecule has 0 saturated heterocycles. The van der Waals surface area contributed by atoms with Crippen molar-refractivity contribution in [3.8, 4) is 0 Å². The average Bonchev–Trinajstić information content (AvgIpc) is 2.64. The number of ether oxygens (including phenoxy) is 3. The third-order valence-electron chi connectivity index (χ3n) is 4.28. The molecule has 0 aliphatic carbocycles. The number of esters is 1. The first-order valence-electron chi connectivity index (χ1n) is 12.6. The van der Waals surface area contributed by atoms with Gasteiger partial charge in [-0.25, -0.2) is 14.4 Å². The fraction of sp³-hybridized carbons (Fsp3) is 0.880. The Balaban J connectivity index is 5.39. The van der Waals surface area contributed by atoms with Crippen molar-refractivity contribution in [2.75, 3.05) is 32.7 Å². The average molecular weight is 503 g/mol. The van der Waals surface area contributed by atoms with Crippen molar-refractivity contribution in [1.82, 2.24) is 15.5 Å². The zero-order valence-corrected chi connectivity index (χ0v) is 23.4. The van der Waals surface area contributed by atoms with Crippen LogP contribution in [0.5, 0.6) is 0 Å². The standard InChI is InChI=1S/C25H50N4O6/c1-23(2,3)33-20(30)19(13-18-28-16-11-10-15-27-17-12-14-26)29(21(31)34-24(4,5)6)22(32)35-25(7,8)9/h19,27-28H,10-18,26H2,1-9H3. The zero-order chi connectivity index (χ0) is 27.3. The lowest BCUT2D eigenvalue weighted by atomic mass is 10.1. The summed E-state index contributed by atoms with van der Waals surface area (Å²) in [6.45, 7) is 18.9. The van der Waals surface area contributed by atoms with Crippen LogP contribution in [-0.4, -0.2) is 78.6 Å². The molecule has 206 valence electrons. The summed E-state index contributed by atoms with van der Waals surface area (Å²) in [5.41, 5.74) is 2.94. The molecule has 0 aromatic rings. The van der Waals surface area contributed by atoms with Gasteiger partial charge in [0.05, 0.1) is 0 Å². The number of nitrogens with two attached hydrogens (primary N) is 1. The van der Waals surface area contributed by atoms with E-state index in [0.29, 0.717) is 13.1 Å². The second kappa shape index (κ2) is 15.3. The number of hydrogen-bond donors (Lipinski definition) is 3. The summed E-state index contributed by atoms with van der Waals surface area (Å²) in [6.07, 6.45) is 1.14. The molecule has 0 aliphatic rings. The summed E-state index contributed by atoms with van der Waals surface area (Å²) >= 11 is 0. The van der Waals surface area contributed by atoms with Crippen LogP contribution in [-0.2, 0) is 19.0 Å². The predicted octanol–water partition coefficient (Wildman–Crippen LogP) is 3.57. The van der Waals surface area contributed by atoms with Gasteiger partial charge in [-0.15, -0.1) is 0 Å². The molecule has 0 rings (SSSR count). The van der Waals surface area contributed by atoms with E-state index in [1.165, 1.54) is 0 Å². The predicted molar refractivity (Wildman–Crippen MR) is 137 cm³/mol. The van der Waals surface area contributed by atoms with Gasteiger partial charge in [0.1, 0.15) is 22.8 Å². The topological polar surface area (TPSA) is 132 Å². The summed E-state index contributed by atoms with van der Waals surface area (Å²) in [5, 5.41) is 6.61. The maximum Gasteiger partial charge on any atom is 0.420 e. The van der Waals surface area contributed by atoms with Crippen molar-refractivity contribution in [3.05, 3.63) is 0 Å². The van der Waals surface area contributed by atoms with Gasteiger partial charge in [-0.3, -0.25) is 0 Å². The molecule has 0 aliphatic heterocycles. The minimum atomic E-state index is -1.20. The highest BCUT2D eigenvalue weighted by molar-refractivity contribution is 5.94. The Kier molecular flexibility index (Phi) is 14.4. The lowest BCUT2D eigenvalue weighted by Gasteiger charge is -2.33. The number of amides is 2. The highest BCUT2D eigenvalue weighted by Crippen LogP contribution is 2.20. The number of imide groups is 1. The van der Waals surface area contributed by atoms with E-state index in [0.717, 1.165) is 43.8 Å². The fourth-order valence-corrected chi connectivity index (χ4v) is 2.89. The van der Waals surface area contributed by atoms with Crippen LogP contribution >= 0.6 is 0 Å². The maximum atomic E-state index is 13.1. The first kappa shape index (κ1) is 33.1. The minimum Gasteiger partial charge on any atom is -0.458 e. The van der Waals surface area contributed by atoms with Crippen LogP contribution < -0.4 is 16.4 Å². The van der Waals surface area contributed by atoms with Crippen molar-refractivity contribution >= 4 is 18.2 Å². The van der Waals surface area contributed by atoms with Gasteiger partial charge < -0.3 is 30.6 Å². The number of carbonyl (C=O) groups is 3. The number of unbranched alkanes of at least 4 members (excludes halogenated alkanes) is 1. The Hall–Kier alpha value is -1.91. The molecule has 10 nitrogen and oxygen atoms in total. The van der Waals surface area contributed by atoms with Crippen LogP contribution in [0.4, 0.5) is 9.59 Å². The van der Waals surface area contributed by atoms with Crippen LogP contribution in [0.25, 0.3) is 0 Å². The van der Waals surface area contributed by atoms with Gasteiger partial charge in [-0.1, -0.05) is 0 Å². The zero-order valence-electron chi connectivity index (χ0n) is 23.4. The van der Waals surface area contributed by atoms with Gasteiger partial charge in [-0.05, 0) is 121 Å². The molecule has 0 aromatic carbocycles. The molecule has 0 saturated carbocycles. The van der Waals surface area contributed by atoms with Crippen molar-refractivity contribution in [2.24, 2.45) is 5.73 Å². The highest BCUT2D eigenvalue weighted by Gasteiger charge is 2.41. The first-order chi connectivity index (χ1) is 16.0. The molecule has 0 radical (unpaired) electrons. The largest absolute Gasteiger partial charge is 0.458 e. The number of carbonyl (C=O) groups excluding carboxylic acids is 3. The van der Waals surface area contributed by atoms with E-state index < -0.39 is 41.0 Å². The van der Waals surface area contributed by atoms with Crippen LogP contribution in [0.15, 0.2) is 0 Å². The Morgan fingerprint density at radius 2 is 1.09 bits per heavy atom. The Bertz CT molecular complexity index is 622. The quantitative estimate of drug-likeness (QED) is 0.196. The number of hydrogen-bond acceptors (Lipinski definition) is 9. The molecule has 0 spiro atoms. The van der Waals surface area contributed by atoms with E-state index in [1.54, 1.807) is 62.3 Å². The molecule has 35 heavy (non-hydrogen) atoms. The lowest BCUT2D eigenvalue weighted by Crippen LogP contribution is -2.54. The monoisotopic (exact) mass is 502 g/mol. The molecule has 1 unspecified atom stereocenters. The van der Waals surface area contributed by atoms with Crippen LogP contribution in [0.3, 0.4) is 0 Å². The third-order valence-corrected chi connectivity index (χ3v) is 4.28. The van der Waals surface area contributed by atoms with Crippen molar-refractivity contribution in [3.63, 3.8) is 0 Å². The Labute approximate surface area is 212 Å². The van der Waals surface area contributed by atoms with E-state index in [-0.39, 0.29) is 6.42 Å². The van der Waals surface area contributed by atoms with Crippen molar-refractivity contribution in [2.45, 2.75) is 111 Å². The van der Waals surface area contributed by atoms with Crippen molar-refractivity contribution < 1.29 is 28.6 Å². The molecule has 4 N–H and O–H groups in total. The Morgan fingerprint density at radius 3 is 1.49 bits per heavy atom. The summed E-state index contributed by atoms with van der Waals surface area (Å²) in [7, 11) is 0. The SMILES string of the molecule is CC(C)(C)OC(=O)C(CCNCCCCNCCCN)N(C(=O)OC(C)(C)C)C(=O)OC(C)(C)C. The maximum absolute atomic E-state index is 13.1.